The van der Waals surface area contributed by atoms with E-state index in [0.717, 1.165) is 0 Å². The number of sulfone groups is 1. The average Bonchev–Trinajstić information content (AvgIpc) is 2.27. The van der Waals surface area contributed by atoms with E-state index in [9.17, 15) is 16.8 Å². The third-order valence-electron chi connectivity index (χ3n) is 2.41. The van der Waals surface area contributed by atoms with Gasteiger partial charge in [-0.05, 0) is 25.7 Å². The molecule has 0 amide bonds. The maximum absolute atomic E-state index is 11.6. The van der Waals surface area contributed by atoms with Gasteiger partial charge in [0.1, 0.15) is 20.6 Å². The summed E-state index contributed by atoms with van der Waals surface area (Å²) in [4.78, 5) is 0. The molecule has 0 saturated heterocycles. The molecule has 0 rings (SSSR count). The van der Waals surface area contributed by atoms with Gasteiger partial charge in [0.25, 0.3) is 0 Å². The van der Waals surface area contributed by atoms with Crippen LogP contribution in [0.15, 0.2) is 0 Å². The highest BCUT2D eigenvalue weighted by Crippen LogP contribution is 2.06. The van der Waals surface area contributed by atoms with E-state index >= 15 is 0 Å². The molecule has 6 N–H and O–H groups in total. The fraction of sp³-hybridized carbons (Fsp3) is 1.00. The molecule has 4 atom stereocenters. The first-order valence-corrected chi connectivity index (χ1v) is 9.72. The van der Waals surface area contributed by atoms with Crippen LogP contribution in [-0.4, -0.2) is 48.2 Å². The van der Waals surface area contributed by atoms with Crippen LogP contribution in [0.2, 0.25) is 0 Å². The molecule has 4 unspecified atom stereocenters. The van der Waals surface area contributed by atoms with Gasteiger partial charge in [-0.1, -0.05) is 0 Å². The first-order valence-electron chi connectivity index (χ1n) is 5.56. The van der Waals surface area contributed by atoms with Gasteiger partial charge in [0.2, 0.25) is 0 Å². The average molecular weight is 336 g/mol. The van der Waals surface area contributed by atoms with Crippen molar-refractivity contribution in [1.82, 2.24) is 0 Å². The zero-order chi connectivity index (χ0) is 15.1. The monoisotopic (exact) mass is 336 g/mol. The van der Waals surface area contributed by atoms with Crippen LogP contribution in [0.1, 0.15) is 25.7 Å². The van der Waals surface area contributed by atoms with Crippen molar-refractivity contribution >= 4 is 32.0 Å². The molecule has 0 bridgehead atoms. The van der Waals surface area contributed by atoms with Crippen LogP contribution in [0.5, 0.6) is 0 Å². The van der Waals surface area contributed by atoms with Gasteiger partial charge in [0.05, 0.1) is 11.5 Å². The lowest BCUT2D eigenvalue weighted by Gasteiger charge is -2.09. The molecule has 0 saturated carbocycles. The molecular formula is C8H20N2O6S3. The lowest BCUT2D eigenvalue weighted by Crippen LogP contribution is -2.27. The zero-order valence-corrected chi connectivity index (χ0v) is 12.8. The number of hydrogen-bond acceptors (Lipinski definition) is 6. The quantitative estimate of drug-likeness (QED) is 0.368. The molecule has 0 aliphatic rings. The molecule has 0 aromatic carbocycles. The van der Waals surface area contributed by atoms with Gasteiger partial charge in [-0.25, -0.2) is 16.8 Å². The van der Waals surface area contributed by atoms with Gasteiger partial charge < -0.3 is 20.6 Å². The molecule has 8 nitrogen and oxygen atoms in total. The predicted octanol–water partition coefficient (Wildman–Crippen LogP) is -1.03. The fourth-order valence-electron chi connectivity index (χ4n) is 1.31. The van der Waals surface area contributed by atoms with Crippen LogP contribution in [0.3, 0.4) is 0 Å². The molecule has 0 radical (unpaired) electrons. The Balaban J connectivity index is 3.93. The Hall–Kier alpha value is 0.0900. The summed E-state index contributed by atoms with van der Waals surface area (Å²) >= 11 is -4.30. The minimum atomic E-state index is -3.30. The second kappa shape index (κ2) is 9.10. The SMILES string of the molecule is NC(CCCS(=O)(=O)CCCC(N)S(=O)O)S(=O)O. The summed E-state index contributed by atoms with van der Waals surface area (Å²) in [6, 6.07) is 0. The Morgan fingerprint density at radius 2 is 1.21 bits per heavy atom. The van der Waals surface area contributed by atoms with Crippen molar-refractivity contribution in [2.24, 2.45) is 11.5 Å². The third-order valence-corrected chi connectivity index (χ3v) is 5.73. The molecular weight excluding hydrogens is 316 g/mol. The summed E-state index contributed by atoms with van der Waals surface area (Å²) in [5, 5.41) is -1.89. The van der Waals surface area contributed by atoms with E-state index in [1.807, 2.05) is 0 Å². The van der Waals surface area contributed by atoms with Crippen molar-refractivity contribution in [2.45, 2.75) is 36.4 Å². The second-order valence-electron chi connectivity index (χ2n) is 4.07. The van der Waals surface area contributed by atoms with Crippen molar-refractivity contribution < 1.29 is 25.9 Å². The molecule has 19 heavy (non-hydrogen) atoms. The van der Waals surface area contributed by atoms with E-state index in [1.54, 1.807) is 0 Å². The van der Waals surface area contributed by atoms with Gasteiger partial charge in [-0.15, -0.1) is 0 Å². The van der Waals surface area contributed by atoms with E-state index in [2.05, 4.69) is 0 Å². The maximum atomic E-state index is 11.6. The highest BCUT2D eigenvalue weighted by atomic mass is 32.2. The van der Waals surface area contributed by atoms with Crippen LogP contribution in [0, 0.1) is 0 Å². The first-order chi connectivity index (χ1) is 8.65. The standard InChI is InChI=1S/C8H20N2O6S3/c9-7(17(11)12)3-1-5-19(15,16)6-2-4-8(10)18(13)14/h7-8H,1-6,9-10H2,(H,11,12)(H,13,14). The highest BCUT2D eigenvalue weighted by molar-refractivity contribution is 7.91. The Kier molecular flexibility index (Phi) is 9.15. The van der Waals surface area contributed by atoms with E-state index < -0.39 is 42.7 Å². The number of hydrogen-bond donors (Lipinski definition) is 4. The van der Waals surface area contributed by atoms with Crippen LogP contribution in [0.25, 0.3) is 0 Å². The topological polar surface area (TPSA) is 161 Å². The minimum Gasteiger partial charge on any atom is -0.315 e. The lowest BCUT2D eigenvalue weighted by molar-refractivity contribution is 0.537. The molecule has 11 heteroatoms. The van der Waals surface area contributed by atoms with Crippen LogP contribution < -0.4 is 11.5 Å². The lowest BCUT2D eigenvalue weighted by atomic mass is 10.3. The zero-order valence-electron chi connectivity index (χ0n) is 10.3. The molecule has 0 heterocycles. The third kappa shape index (κ3) is 9.60. The number of nitrogens with two attached hydrogens (primary N) is 2. The molecule has 116 valence electrons. The second-order valence-corrected chi connectivity index (χ2v) is 8.68. The Morgan fingerprint density at radius 3 is 1.47 bits per heavy atom. The largest absolute Gasteiger partial charge is 0.315 e. The Morgan fingerprint density at radius 1 is 0.895 bits per heavy atom. The van der Waals surface area contributed by atoms with Gasteiger partial charge in [0.15, 0.2) is 22.2 Å². The van der Waals surface area contributed by atoms with Crippen LogP contribution in [0.4, 0.5) is 0 Å². The normalized spacial score (nSPS) is 18.7. The van der Waals surface area contributed by atoms with Gasteiger partial charge in [0, 0.05) is 0 Å². The summed E-state index contributed by atoms with van der Waals surface area (Å²) in [6.07, 6.45) is 0.687. The molecule has 0 aliphatic carbocycles. The van der Waals surface area contributed by atoms with Gasteiger partial charge >= 0.3 is 0 Å². The maximum Gasteiger partial charge on any atom is 0.170 e. The van der Waals surface area contributed by atoms with Crippen molar-refractivity contribution in [2.75, 3.05) is 11.5 Å². The van der Waals surface area contributed by atoms with Crippen LogP contribution >= 0.6 is 0 Å². The molecule has 0 aromatic heterocycles. The van der Waals surface area contributed by atoms with Gasteiger partial charge in [-0.3, -0.25) is 0 Å². The van der Waals surface area contributed by atoms with E-state index in [4.69, 9.17) is 20.6 Å². The molecule has 0 aliphatic heterocycles. The molecule has 0 spiro atoms. The summed E-state index contributed by atoms with van der Waals surface area (Å²) in [5.41, 5.74) is 10.6. The highest BCUT2D eigenvalue weighted by Gasteiger charge is 2.15. The number of rotatable bonds is 10. The van der Waals surface area contributed by atoms with E-state index in [1.165, 1.54) is 0 Å². The smallest absolute Gasteiger partial charge is 0.170 e. The van der Waals surface area contributed by atoms with Crippen molar-refractivity contribution in [3.05, 3.63) is 0 Å². The summed E-state index contributed by atoms with van der Waals surface area (Å²) < 4.78 is 61.5. The van der Waals surface area contributed by atoms with Crippen molar-refractivity contribution in [3.8, 4) is 0 Å². The van der Waals surface area contributed by atoms with Gasteiger partial charge in [-0.2, -0.15) is 0 Å². The van der Waals surface area contributed by atoms with Crippen LogP contribution in [-0.2, 0) is 32.0 Å². The summed E-state index contributed by atoms with van der Waals surface area (Å²) in [6.45, 7) is 0. The predicted molar refractivity (Wildman–Crippen MR) is 74.6 cm³/mol. The van der Waals surface area contributed by atoms with E-state index in [0.29, 0.717) is 0 Å². The molecule has 0 fully saturated rings. The van der Waals surface area contributed by atoms with E-state index in [-0.39, 0.29) is 37.2 Å². The fourth-order valence-corrected chi connectivity index (χ4v) is 3.47. The minimum absolute atomic E-state index is 0.130. The van der Waals surface area contributed by atoms with Crippen molar-refractivity contribution in [1.29, 1.82) is 0 Å². The Bertz CT molecular complexity index is 381. The summed E-state index contributed by atoms with van der Waals surface area (Å²) in [7, 11) is -3.30. The Labute approximate surface area is 117 Å². The molecule has 0 aromatic rings. The first kappa shape index (κ1) is 19.1. The van der Waals surface area contributed by atoms with Crippen molar-refractivity contribution in [3.63, 3.8) is 0 Å². The summed E-state index contributed by atoms with van der Waals surface area (Å²) in [5.74, 6) is -0.259.